The Morgan fingerprint density at radius 2 is 1.81 bits per heavy atom. The van der Waals surface area contributed by atoms with Gasteiger partial charge in [0.1, 0.15) is 6.10 Å². The van der Waals surface area contributed by atoms with Crippen LogP contribution in [0.5, 0.6) is 0 Å². The molecule has 8 nitrogen and oxygen atoms in total. The summed E-state index contributed by atoms with van der Waals surface area (Å²) >= 11 is 0. The first-order valence-corrected chi connectivity index (χ1v) is 7.69. The molecule has 0 aliphatic rings. The summed E-state index contributed by atoms with van der Waals surface area (Å²) in [5.74, 6) is 0. The Balaban J connectivity index is 2.41. The van der Waals surface area contributed by atoms with Gasteiger partial charge in [0.05, 0.1) is 18.1 Å². The average molecular weight is 318 g/mol. The number of aliphatic hydroxyl groups excluding tert-OH is 2. The van der Waals surface area contributed by atoms with E-state index in [1.54, 1.807) is 12.1 Å². The zero-order valence-corrected chi connectivity index (χ0v) is 12.0. The van der Waals surface area contributed by atoms with Gasteiger partial charge in [-0.3, -0.25) is 0 Å². The molecule has 0 aromatic heterocycles. The first-order chi connectivity index (χ1) is 9.86. The quantitative estimate of drug-likeness (QED) is 0.506. The lowest BCUT2D eigenvalue weighted by molar-refractivity contribution is 0.0224. The van der Waals surface area contributed by atoms with Crippen molar-refractivity contribution < 1.29 is 28.2 Å². The number of nitrogens with two attached hydrogens (primary N) is 1. The van der Waals surface area contributed by atoms with Crippen molar-refractivity contribution in [2.24, 2.45) is 5.14 Å². The maximum absolute atomic E-state index is 11.3. The molecule has 5 N–H and O–H groups in total. The summed E-state index contributed by atoms with van der Waals surface area (Å²) in [4.78, 5) is 11.3. The Labute approximate surface area is 122 Å². The minimum atomic E-state index is -3.71. The largest absolute Gasteiger partial charge is 0.441 e. The lowest BCUT2D eigenvalue weighted by Gasteiger charge is -2.13. The topological polar surface area (TPSA) is 139 Å². The van der Waals surface area contributed by atoms with E-state index in [-0.39, 0.29) is 11.4 Å². The van der Waals surface area contributed by atoms with Crippen LogP contribution in [0.25, 0.3) is 0 Å². The Bertz CT molecular complexity index is 554. The number of aliphatic hydroxyl groups is 2. The van der Waals surface area contributed by atoms with Gasteiger partial charge in [-0.05, 0) is 24.1 Å². The molecular weight excluding hydrogens is 300 g/mol. The van der Waals surface area contributed by atoms with Gasteiger partial charge in [-0.1, -0.05) is 12.1 Å². The van der Waals surface area contributed by atoms with Crippen molar-refractivity contribution in [3.05, 3.63) is 29.8 Å². The van der Waals surface area contributed by atoms with Crippen LogP contribution in [0.2, 0.25) is 0 Å². The summed E-state index contributed by atoms with van der Waals surface area (Å²) in [6.45, 7) is -0.658. The van der Waals surface area contributed by atoms with Gasteiger partial charge in [-0.15, -0.1) is 0 Å². The number of ether oxygens (including phenoxy) is 1. The fourth-order valence-corrected chi connectivity index (χ4v) is 2.00. The molecule has 1 rings (SSSR count). The van der Waals surface area contributed by atoms with Crippen LogP contribution in [0.4, 0.5) is 4.79 Å². The molecule has 1 amide bonds. The predicted molar refractivity (Wildman–Crippen MR) is 74.0 cm³/mol. The molecule has 21 heavy (non-hydrogen) atoms. The number of carbonyl (C=O) groups excluding carboxylic acids is 1. The van der Waals surface area contributed by atoms with Gasteiger partial charge >= 0.3 is 6.09 Å². The third kappa shape index (κ3) is 6.08. The molecule has 1 aromatic carbocycles. The van der Waals surface area contributed by atoms with Crippen molar-refractivity contribution >= 4 is 16.1 Å². The van der Waals surface area contributed by atoms with Gasteiger partial charge in [0, 0.05) is 6.54 Å². The van der Waals surface area contributed by atoms with E-state index in [1.165, 1.54) is 12.1 Å². The zero-order chi connectivity index (χ0) is 15.9. The van der Waals surface area contributed by atoms with Crippen molar-refractivity contribution in [3.8, 4) is 0 Å². The number of carbonyl (C=O) groups is 1. The minimum absolute atomic E-state index is 0.0207. The van der Waals surface area contributed by atoms with E-state index in [2.05, 4.69) is 5.32 Å². The van der Waals surface area contributed by atoms with Crippen LogP contribution < -0.4 is 10.5 Å². The van der Waals surface area contributed by atoms with Crippen LogP contribution in [-0.2, 0) is 21.2 Å². The number of benzene rings is 1. The summed E-state index contributed by atoms with van der Waals surface area (Å²) in [5, 5.41) is 24.9. The Hall–Kier alpha value is -1.68. The lowest BCUT2D eigenvalue weighted by atomic mass is 10.1. The molecule has 0 saturated heterocycles. The second kappa shape index (κ2) is 7.93. The standard InChI is InChI=1S/C12H18N2O6S/c13-21(18,19)11-3-1-9(2-4-11)5-6-14-12(17)20-10(7-15)8-16/h1-4,10,15-16H,5-8H2,(H,14,17)(H2,13,18,19). The van der Waals surface area contributed by atoms with Crippen molar-refractivity contribution in [2.45, 2.75) is 17.4 Å². The average Bonchev–Trinajstić information content (AvgIpc) is 2.44. The van der Waals surface area contributed by atoms with Crippen molar-refractivity contribution in [3.63, 3.8) is 0 Å². The van der Waals surface area contributed by atoms with E-state index in [4.69, 9.17) is 20.1 Å². The number of nitrogens with one attached hydrogen (secondary N) is 1. The summed E-state index contributed by atoms with van der Waals surface area (Å²) in [6.07, 6.45) is -1.23. The number of hydrogen-bond donors (Lipinski definition) is 4. The number of hydrogen-bond acceptors (Lipinski definition) is 6. The molecule has 0 fully saturated rings. The molecule has 0 radical (unpaired) electrons. The second-order valence-corrected chi connectivity index (χ2v) is 5.82. The van der Waals surface area contributed by atoms with E-state index >= 15 is 0 Å². The smallest absolute Gasteiger partial charge is 0.407 e. The molecular formula is C12H18N2O6S. The number of sulfonamides is 1. The first kappa shape index (κ1) is 17.4. The highest BCUT2D eigenvalue weighted by Crippen LogP contribution is 2.08. The van der Waals surface area contributed by atoms with E-state index < -0.39 is 35.4 Å². The SMILES string of the molecule is NS(=O)(=O)c1ccc(CCNC(=O)OC(CO)CO)cc1. The molecule has 0 bridgehead atoms. The van der Waals surface area contributed by atoms with E-state index in [0.29, 0.717) is 6.42 Å². The van der Waals surface area contributed by atoms with E-state index in [9.17, 15) is 13.2 Å². The lowest BCUT2D eigenvalue weighted by Crippen LogP contribution is -2.33. The second-order valence-electron chi connectivity index (χ2n) is 4.26. The van der Waals surface area contributed by atoms with Crippen LogP contribution in [0, 0.1) is 0 Å². The summed E-state index contributed by atoms with van der Waals surface area (Å²) in [5.41, 5.74) is 0.809. The van der Waals surface area contributed by atoms with E-state index in [0.717, 1.165) is 5.56 Å². The summed E-state index contributed by atoms with van der Waals surface area (Å²) in [6, 6.07) is 5.96. The highest BCUT2D eigenvalue weighted by atomic mass is 32.2. The molecule has 0 unspecified atom stereocenters. The van der Waals surface area contributed by atoms with Crippen LogP contribution in [0.15, 0.2) is 29.2 Å². The van der Waals surface area contributed by atoms with Crippen molar-refractivity contribution in [1.82, 2.24) is 5.32 Å². The fraction of sp³-hybridized carbons (Fsp3) is 0.417. The van der Waals surface area contributed by atoms with Crippen molar-refractivity contribution in [1.29, 1.82) is 0 Å². The van der Waals surface area contributed by atoms with Gasteiger partial charge in [-0.25, -0.2) is 18.4 Å². The Morgan fingerprint density at radius 3 is 2.29 bits per heavy atom. The predicted octanol–water partition coefficient (Wildman–Crippen LogP) is -1.04. The minimum Gasteiger partial charge on any atom is -0.441 e. The van der Waals surface area contributed by atoms with Gasteiger partial charge in [0.2, 0.25) is 10.0 Å². The van der Waals surface area contributed by atoms with Gasteiger partial charge in [0.15, 0.2) is 0 Å². The van der Waals surface area contributed by atoms with Crippen LogP contribution >= 0.6 is 0 Å². The van der Waals surface area contributed by atoms with Crippen LogP contribution in [0.1, 0.15) is 5.56 Å². The number of primary sulfonamides is 1. The Morgan fingerprint density at radius 1 is 1.24 bits per heavy atom. The molecule has 0 heterocycles. The monoisotopic (exact) mass is 318 g/mol. The third-order valence-corrected chi connectivity index (χ3v) is 3.55. The van der Waals surface area contributed by atoms with Crippen LogP contribution in [0.3, 0.4) is 0 Å². The fourth-order valence-electron chi connectivity index (χ4n) is 1.48. The first-order valence-electron chi connectivity index (χ1n) is 6.14. The summed E-state index contributed by atoms with van der Waals surface area (Å²) in [7, 11) is -3.71. The molecule has 1 aromatic rings. The molecule has 9 heteroatoms. The number of rotatable bonds is 7. The van der Waals surface area contributed by atoms with Crippen molar-refractivity contribution in [2.75, 3.05) is 19.8 Å². The van der Waals surface area contributed by atoms with Gasteiger partial charge in [0.25, 0.3) is 0 Å². The highest BCUT2D eigenvalue weighted by molar-refractivity contribution is 7.89. The molecule has 0 aliphatic heterocycles. The number of alkyl carbamates (subject to hydrolysis) is 1. The zero-order valence-electron chi connectivity index (χ0n) is 11.2. The maximum atomic E-state index is 11.3. The molecule has 0 saturated carbocycles. The third-order valence-electron chi connectivity index (χ3n) is 2.62. The number of amides is 1. The van der Waals surface area contributed by atoms with E-state index in [1.807, 2.05) is 0 Å². The van der Waals surface area contributed by atoms with Gasteiger partial charge in [-0.2, -0.15) is 0 Å². The van der Waals surface area contributed by atoms with Crippen LogP contribution in [-0.4, -0.2) is 50.6 Å². The molecule has 0 atom stereocenters. The van der Waals surface area contributed by atoms with Gasteiger partial charge < -0.3 is 20.3 Å². The molecule has 0 spiro atoms. The Kier molecular flexibility index (Phi) is 6.56. The molecule has 0 aliphatic carbocycles. The highest BCUT2D eigenvalue weighted by Gasteiger charge is 2.11. The normalized spacial score (nSPS) is 11.4. The molecule has 118 valence electrons. The maximum Gasteiger partial charge on any atom is 0.407 e. The summed E-state index contributed by atoms with van der Waals surface area (Å²) < 4.78 is 26.8.